The maximum Gasteiger partial charge on any atom is 0.227 e. The normalized spacial score (nSPS) is 12.0. The number of carbonyl (C=O) groups is 1. The molecule has 4 nitrogen and oxygen atoms in total. The van der Waals surface area contributed by atoms with Crippen LogP contribution in [0.5, 0.6) is 5.75 Å². The van der Waals surface area contributed by atoms with Crippen molar-refractivity contribution in [2.45, 2.75) is 19.4 Å². The number of pyridine rings is 1. The summed E-state index contributed by atoms with van der Waals surface area (Å²) < 4.78 is 5.19. The molecule has 0 fully saturated rings. The Hall–Kier alpha value is -2.88. The molecule has 1 heterocycles. The van der Waals surface area contributed by atoms with Crippen LogP contribution < -0.4 is 4.74 Å². The highest BCUT2D eigenvalue weighted by Crippen LogP contribution is 2.23. The second kappa shape index (κ2) is 7.34. The average molecular weight is 334 g/mol. The molecule has 128 valence electrons. The van der Waals surface area contributed by atoms with Gasteiger partial charge in [0, 0.05) is 18.6 Å². The molecule has 25 heavy (non-hydrogen) atoms. The monoisotopic (exact) mass is 334 g/mol. The molecule has 0 aliphatic heterocycles. The topological polar surface area (TPSA) is 42.4 Å². The maximum atomic E-state index is 12.8. The van der Waals surface area contributed by atoms with Crippen LogP contribution in [0.4, 0.5) is 0 Å². The fraction of sp³-hybridized carbons (Fsp3) is 0.238. The van der Waals surface area contributed by atoms with Gasteiger partial charge in [-0.05, 0) is 36.2 Å². The number of benzene rings is 2. The maximum absolute atomic E-state index is 12.8. The van der Waals surface area contributed by atoms with Gasteiger partial charge >= 0.3 is 0 Å². The van der Waals surface area contributed by atoms with E-state index < -0.39 is 0 Å². The van der Waals surface area contributed by atoms with E-state index in [1.54, 1.807) is 18.2 Å². The van der Waals surface area contributed by atoms with Crippen molar-refractivity contribution in [3.63, 3.8) is 0 Å². The number of amides is 1. The van der Waals surface area contributed by atoms with E-state index in [1.165, 1.54) is 0 Å². The fourth-order valence-corrected chi connectivity index (χ4v) is 2.92. The molecular weight excluding hydrogens is 312 g/mol. The first-order valence-corrected chi connectivity index (χ1v) is 8.32. The van der Waals surface area contributed by atoms with Crippen LogP contribution in [-0.4, -0.2) is 29.9 Å². The lowest BCUT2D eigenvalue weighted by Gasteiger charge is -2.25. The number of carbonyl (C=O) groups excluding carboxylic acids is 1. The van der Waals surface area contributed by atoms with E-state index >= 15 is 0 Å². The zero-order chi connectivity index (χ0) is 17.8. The molecule has 1 unspecified atom stereocenters. The number of nitrogens with zero attached hydrogens (tertiary/aromatic N) is 2. The lowest BCUT2D eigenvalue weighted by atomic mass is 10.0. The van der Waals surface area contributed by atoms with Gasteiger partial charge in [-0.3, -0.25) is 9.78 Å². The number of methoxy groups -OCH3 is 1. The van der Waals surface area contributed by atoms with Gasteiger partial charge in [-0.15, -0.1) is 0 Å². The molecule has 4 heteroatoms. The van der Waals surface area contributed by atoms with Crippen LogP contribution in [0.1, 0.15) is 24.1 Å². The summed E-state index contributed by atoms with van der Waals surface area (Å²) in [6.07, 6.45) is 2.10. The molecule has 0 radical (unpaired) electrons. The predicted octanol–water partition coefficient (Wildman–Crippen LogP) is 4.01. The first-order valence-electron chi connectivity index (χ1n) is 8.32. The van der Waals surface area contributed by atoms with Gasteiger partial charge in [0.15, 0.2) is 0 Å². The van der Waals surface area contributed by atoms with Gasteiger partial charge in [0.1, 0.15) is 5.75 Å². The van der Waals surface area contributed by atoms with Crippen LogP contribution in [0.25, 0.3) is 10.9 Å². The highest BCUT2D eigenvalue weighted by molar-refractivity contribution is 5.87. The van der Waals surface area contributed by atoms with Crippen LogP contribution >= 0.6 is 0 Å². The molecule has 1 aromatic heterocycles. The minimum absolute atomic E-state index is 0.0126. The van der Waals surface area contributed by atoms with E-state index in [2.05, 4.69) is 4.98 Å². The fourth-order valence-electron chi connectivity index (χ4n) is 2.92. The Morgan fingerprint density at radius 1 is 1.12 bits per heavy atom. The van der Waals surface area contributed by atoms with E-state index in [9.17, 15) is 4.79 Å². The number of aromatic nitrogens is 1. The van der Waals surface area contributed by atoms with Crippen molar-refractivity contribution < 1.29 is 9.53 Å². The summed E-state index contributed by atoms with van der Waals surface area (Å²) in [4.78, 5) is 19.0. The lowest BCUT2D eigenvalue weighted by molar-refractivity contribution is -0.131. The molecule has 0 spiro atoms. The van der Waals surface area contributed by atoms with Crippen molar-refractivity contribution >= 4 is 16.8 Å². The second-order valence-electron chi connectivity index (χ2n) is 6.12. The molecule has 0 aliphatic carbocycles. The summed E-state index contributed by atoms with van der Waals surface area (Å²) in [5.74, 6) is 0.883. The number of rotatable bonds is 5. The van der Waals surface area contributed by atoms with Crippen LogP contribution in [0.15, 0.2) is 60.8 Å². The van der Waals surface area contributed by atoms with Crippen LogP contribution in [0.3, 0.4) is 0 Å². The number of hydrogen-bond acceptors (Lipinski definition) is 3. The van der Waals surface area contributed by atoms with Crippen molar-refractivity contribution in [2.24, 2.45) is 0 Å². The number of para-hydroxylation sites is 1. The molecule has 2 aromatic carbocycles. The Morgan fingerprint density at radius 3 is 2.56 bits per heavy atom. The molecule has 0 saturated carbocycles. The Balaban J connectivity index is 1.77. The molecule has 3 rings (SSSR count). The summed E-state index contributed by atoms with van der Waals surface area (Å²) >= 11 is 0. The van der Waals surface area contributed by atoms with E-state index in [1.807, 2.05) is 68.6 Å². The van der Waals surface area contributed by atoms with Gasteiger partial charge in [0.2, 0.25) is 5.91 Å². The summed E-state index contributed by atoms with van der Waals surface area (Å²) in [5, 5.41) is 1.05. The lowest BCUT2D eigenvalue weighted by Crippen LogP contribution is -2.31. The third kappa shape index (κ3) is 3.63. The molecule has 0 saturated heterocycles. The Kier molecular flexibility index (Phi) is 4.98. The van der Waals surface area contributed by atoms with Gasteiger partial charge < -0.3 is 9.64 Å². The largest absolute Gasteiger partial charge is 0.497 e. The summed E-state index contributed by atoms with van der Waals surface area (Å²) in [7, 11) is 3.49. The van der Waals surface area contributed by atoms with Crippen LogP contribution in [-0.2, 0) is 11.2 Å². The van der Waals surface area contributed by atoms with E-state index in [0.717, 1.165) is 27.8 Å². The molecule has 0 N–H and O–H groups in total. The van der Waals surface area contributed by atoms with Crippen LogP contribution in [0, 0.1) is 0 Å². The van der Waals surface area contributed by atoms with Crippen molar-refractivity contribution in [1.82, 2.24) is 9.88 Å². The van der Waals surface area contributed by atoms with Gasteiger partial charge in [0.05, 0.1) is 25.1 Å². The zero-order valence-corrected chi connectivity index (χ0v) is 14.8. The predicted molar refractivity (Wildman–Crippen MR) is 99.6 cm³/mol. The smallest absolute Gasteiger partial charge is 0.227 e. The van der Waals surface area contributed by atoms with Gasteiger partial charge in [-0.25, -0.2) is 0 Å². The Morgan fingerprint density at radius 2 is 1.84 bits per heavy atom. The standard InChI is InChI=1S/C21H22N2O2/c1-15(16-9-11-19(25-3)12-10-16)23(2)20(24)14-18-7-4-6-17-8-5-13-22-21(17)18/h4-13,15H,14H2,1-3H3. The summed E-state index contributed by atoms with van der Waals surface area (Å²) in [6, 6.07) is 17.7. The summed E-state index contributed by atoms with van der Waals surface area (Å²) in [6.45, 7) is 2.03. The molecule has 3 aromatic rings. The van der Waals surface area contributed by atoms with Gasteiger partial charge in [-0.2, -0.15) is 0 Å². The van der Waals surface area contributed by atoms with Crippen molar-refractivity contribution in [3.8, 4) is 5.75 Å². The molecule has 1 atom stereocenters. The molecule has 0 bridgehead atoms. The quantitative estimate of drug-likeness (QED) is 0.708. The number of hydrogen-bond donors (Lipinski definition) is 0. The number of ether oxygens (including phenoxy) is 1. The van der Waals surface area contributed by atoms with E-state index in [0.29, 0.717) is 6.42 Å². The van der Waals surface area contributed by atoms with E-state index in [4.69, 9.17) is 4.74 Å². The number of likely N-dealkylation sites (N-methyl/N-ethyl adjacent to an activating group) is 1. The first kappa shape index (κ1) is 17.0. The Bertz CT molecular complexity index is 869. The van der Waals surface area contributed by atoms with Crippen molar-refractivity contribution in [1.29, 1.82) is 0 Å². The van der Waals surface area contributed by atoms with Crippen LogP contribution in [0.2, 0.25) is 0 Å². The van der Waals surface area contributed by atoms with Crippen molar-refractivity contribution in [2.75, 3.05) is 14.2 Å². The third-order valence-electron chi connectivity index (χ3n) is 4.63. The average Bonchev–Trinajstić information content (AvgIpc) is 2.67. The number of fused-ring (bicyclic) bond motifs is 1. The zero-order valence-electron chi connectivity index (χ0n) is 14.8. The Labute approximate surface area is 148 Å². The highest BCUT2D eigenvalue weighted by atomic mass is 16.5. The molecule has 0 aliphatic rings. The highest BCUT2D eigenvalue weighted by Gasteiger charge is 2.18. The summed E-state index contributed by atoms with van der Waals surface area (Å²) in [5.41, 5.74) is 2.92. The molecular formula is C21H22N2O2. The van der Waals surface area contributed by atoms with E-state index in [-0.39, 0.29) is 11.9 Å². The van der Waals surface area contributed by atoms with Gasteiger partial charge in [-0.1, -0.05) is 36.4 Å². The molecule has 1 amide bonds. The minimum Gasteiger partial charge on any atom is -0.497 e. The SMILES string of the molecule is COc1ccc(C(C)N(C)C(=O)Cc2cccc3cccnc23)cc1. The van der Waals surface area contributed by atoms with Gasteiger partial charge in [0.25, 0.3) is 0 Å². The second-order valence-corrected chi connectivity index (χ2v) is 6.12. The third-order valence-corrected chi connectivity index (χ3v) is 4.63. The van der Waals surface area contributed by atoms with Crippen molar-refractivity contribution in [3.05, 3.63) is 71.9 Å². The first-order chi connectivity index (χ1) is 12.1. The minimum atomic E-state index is -0.0126.